The standard InChI is InChI=1S/C24H27FN6O4S/c1-15-12-21(31(29-15)20-9-7-17(35-2)14-22(20)36(27,33)34)24(32)28-19-8-6-16(13-18(19)25)23(26)30-10-4-3-5-11-30/h6-9,12-14,26H,3-5,10-11H2,1-2H3,(H,28,32)(H2,27,33,34). The Bertz CT molecular complexity index is 1430. The Kier molecular flexibility index (Phi) is 7.09. The Hall–Kier alpha value is -3.77. The Balaban J connectivity index is 1.63. The molecular formula is C24H27FN6O4S. The third kappa shape index (κ3) is 5.24. The molecule has 1 fully saturated rings. The summed E-state index contributed by atoms with van der Waals surface area (Å²) in [7, 11) is -2.81. The summed E-state index contributed by atoms with van der Waals surface area (Å²) in [5.74, 6) is -0.894. The number of primary sulfonamides is 1. The van der Waals surface area contributed by atoms with E-state index >= 15 is 0 Å². The minimum atomic E-state index is -4.19. The number of nitrogens with two attached hydrogens (primary N) is 1. The summed E-state index contributed by atoms with van der Waals surface area (Å²) < 4.78 is 45.6. The molecule has 0 spiro atoms. The molecule has 1 aromatic heterocycles. The van der Waals surface area contributed by atoms with Gasteiger partial charge >= 0.3 is 0 Å². The predicted molar refractivity (Wildman–Crippen MR) is 133 cm³/mol. The molecule has 0 bridgehead atoms. The minimum absolute atomic E-state index is 0.0212. The molecule has 2 heterocycles. The number of nitrogens with zero attached hydrogens (tertiary/aromatic N) is 3. The van der Waals surface area contributed by atoms with Crippen LogP contribution < -0.4 is 15.2 Å². The number of aryl methyl sites for hydroxylation is 1. The van der Waals surface area contributed by atoms with Gasteiger partial charge in [-0.05, 0) is 62.6 Å². The number of amides is 1. The molecule has 3 aromatic rings. The first-order chi connectivity index (χ1) is 17.1. The largest absolute Gasteiger partial charge is 0.497 e. The summed E-state index contributed by atoms with van der Waals surface area (Å²) in [6.45, 7) is 3.15. The van der Waals surface area contributed by atoms with Crippen LogP contribution in [-0.2, 0) is 10.0 Å². The molecule has 10 nitrogen and oxygen atoms in total. The molecule has 4 N–H and O–H groups in total. The van der Waals surface area contributed by atoms with Crippen LogP contribution in [0.15, 0.2) is 47.4 Å². The zero-order chi connectivity index (χ0) is 26.0. The number of piperidine rings is 1. The highest BCUT2D eigenvalue weighted by atomic mass is 32.2. The minimum Gasteiger partial charge on any atom is -0.497 e. The molecule has 1 amide bonds. The van der Waals surface area contributed by atoms with Crippen LogP contribution in [0, 0.1) is 18.2 Å². The molecule has 1 aliphatic rings. The molecule has 0 radical (unpaired) electrons. The van der Waals surface area contributed by atoms with Crippen molar-refractivity contribution in [3.63, 3.8) is 0 Å². The number of methoxy groups -OCH3 is 1. The lowest BCUT2D eigenvalue weighted by Crippen LogP contribution is -2.35. The number of ether oxygens (including phenoxy) is 1. The van der Waals surface area contributed by atoms with E-state index in [1.54, 1.807) is 13.0 Å². The second kappa shape index (κ2) is 10.1. The van der Waals surface area contributed by atoms with Crippen molar-refractivity contribution in [3.8, 4) is 11.4 Å². The lowest BCUT2D eigenvalue weighted by atomic mass is 10.1. The van der Waals surface area contributed by atoms with Gasteiger partial charge in [0.2, 0.25) is 10.0 Å². The van der Waals surface area contributed by atoms with E-state index in [-0.39, 0.29) is 33.5 Å². The maximum absolute atomic E-state index is 14.9. The number of nitrogens with one attached hydrogen (secondary N) is 2. The fraction of sp³-hybridized carbons (Fsp3) is 0.292. The molecule has 2 aromatic carbocycles. The molecule has 1 aliphatic heterocycles. The van der Waals surface area contributed by atoms with Crippen molar-refractivity contribution in [1.82, 2.24) is 14.7 Å². The predicted octanol–water partition coefficient (Wildman–Crippen LogP) is 3.04. The average Bonchev–Trinajstić information content (AvgIpc) is 3.26. The van der Waals surface area contributed by atoms with Gasteiger partial charge in [0.25, 0.3) is 5.91 Å². The number of anilines is 1. The second-order valence-electron chi connectivity index (χ2n) is 8.51. The van der Waals surface area contributed by atoms with E-state index in [1.807, 2.05) is 4.90 Å². The number of halogens is 1. The van der Waals surface area contributed by atoms with Crippen LogP contribution in [0.5, 0.6) is 5.75 Å². The zero-order valence-electron chi connectivity index (χ0n) is 19.9. The van der Waals surface area contributed by atoms with Gasteiger partial charge in [0.15, 0.2) is 0 Å². The van der Waals surface area contributed by atoms with Crippen LogP contribution in [0.1, 0.15) is 41.0 Å². The molecular weight excluding hydrogens is 487 g/mol. The monoisotopic (exact) mass is 514 g/mol. The Morgan fingerprint density at radius 3 is 2.50 bits per heavy atom. The van der Waals surface area contributed by atoms with Crippen LogP contribution in [0.25, 0.3) is 5.69 Å². The van der Waals surface area contributed by atoms with E-state index in [2.05, 4.69) is 10.4 Å². The number of hydrogen-bond donors (Lipinski definition) is 3. The molecule has 0 unspecified atom stereocenters. The molecule has 36 heavy (non-hydrogen) atoms. The summed E-state index contributed by atoms with van der Waals surface area (Å²) in [6.07, 6.45) is 3.11. The van der Waals surface area contributed by atoms with E-state index in [1.165, 1.54) is 43.5 Å². The quantitative estimate of drug-likeness (QED) is 0.341. The Morgan fingerprint density at radius 2 is 1.86 bits per heavy atom. The van der Waals surface area contributed by atoms with E-state index in [0.29, 0.717) is 11.3 Å². The van der Waals surface area contributed by atoms with Crippen molar-refractivity contribution in [3.05, 3.63) is 65.2 Å². The van der Waals surface area contributed by atoms with Crippen molar-refractivity contribution < 1.29 is 22.3 Å². The van der Waals surface area contributed by atoms with Gasteiger partial charge in [-0.15, -0.1) is 0 Å². The van der Waals surface area contributed by atoms with Gasteiger partial charge in [0, 0.05) is 24.7 Å². The number of sulfonamides is 1. The van der Waals surface area contributed by atoms with Crippen molar-refractivity contribution in [2.24, 2.45) is 5.14 Å². The lowest BCUT2D eigenvalue weighted by molar-refractivity contribution is 0.101. The van der Waals surface area contributed by atoms with Crippen LogP contribution in [-0.4, -0.2) is 55.0 Å². The first-order valence-electron chi connectivity index (χ1n) is 11.3. The number of aromatic nitrogens is 2. The van der Waals surface area contributed by atoms with Crippen LogP contribution in [0.4, 0.5) is 10.1 Å². The summed E-state index contributed by atoms with van der Waals surface area (Å²) in [5, 5.41) is 20.5. The van der Waals surface area contributed by atoms with Gasteiger partial charge in [0.05, 0.1) is 24.2 Å². The molecule has 1 saturated heterocycles. The van der Waals surface area contributed by atoms with Crippen molar-refractivity contribution in [2.75, 3.05) is 25.5 Å². The van der Waals surface area contributed by atoms with E-state index in [0.717, 1.165) is 37.0 Å². The average molecular weight is 515 g/mol. The Labute approximate surface area is 208 Å². The van der Waals surface area contributed by atoms with Gasteiger partial charge < -0.3 is 15.0 Å². The molecule has 0 saturated carbocycles. The highest BCUT2D eigenvalue weighted by Crippen LogP contribution is 2.26. The van der Waals surface area contributed by atoms with Crippen LogP contribution in [0.2, 0.25) is 0 Å². The smallest absolute Gasteiger partial charge is 0.274 e. The molecule has 0 aliphatic carbocycles. The fourth-order valence-corrected chi connectivity index (χ4v) is 4.85. The second-order valence-corrected chi connectivity index (χ2v) is 10.0. The van der Waals surface area contributed by atoms with Crippen molar-refractivity contribution in [2.45, 2.75) is 31.1 Å². The molecule has 4 rings (SSSR count). The van der Waals surface area contributed by atoms with Gasteiger partial charge in [-0.3, -0.25) is 10.2 Å². The number of likely N-dealkylation sites (tertiary alicyclic amines) is 1. The zero-order valence-corrected chi connectivity index (χ0v) is 20.7. The highest BCUT2D eigenvalue weighted by molar-refractivity contribution is 7.89. The van der Waals surface area contributed by atoms with Gasteiger partial charge in [-0.2, -0.15) is 5.10 Å². The number of hydrogen-bond acceptors (Lipinski definition) is 6. The molecule has 190 valence electrons. The topological polar surface area (TPSA) is 143 Å². The molecule has 0 atom stereocenters. The first kappa shape index (κ1) is 25.3. The fourth-order valence-electron chi connectivity index (χ4n) is 4.12. The number of amidine groups is 1. The maximum Gasteiger partial charge on any atom is 0.274 e. The summed E-state index contributed by atoms with van der Waals surface area (Å²) in [4.78, 5) is 14.8. The van der Waals surface area contributed by atoms with Gasteiger partial charge in [-0.1, -0.05) is 0 Å². The van der Waals surface area contributed by atoms with E-state index in [4.69, 9.17) is 15.3 Å². The summed E-state index contributed by atoms with van der Waals surface area (Å²) in [6, 6.07) is 9.82. The number of carbonyl (C=O) groups is 1. The van der Waals surface area contributed by atoms with Crippen molar-refractivity contribution >= 4 is 27.5 Å². The number of carbonyl (C=O) groups excluding carboxylic acids is 1. The SMILES string of the molecule is COc1ccc(-n2nc(C)cc2C(=O)Nc2ccc(C(=N)N3CCCCC3)cc2F)c(S(N)(=O)=O)c1. The summed E-state index contributed by atoms with van der Waals surface area (Å²) >= 11 is 0. The van der Waals surface area contributed by atoms with Gasteiger partial charge in [-0.25, -0.2) is 22.6 Å². The van der Waals surface area contributed by atoms with Crippen LogP contribution >= 0.6 is 0 Å². The van der Waals surface area contributed by atoms with Gasteiger partial charge in [0.1, 0.15) is 28.0 Å². The highest BCUT2D eigenvalue weighted by Gasteiger charge is 2.23. The third-order valence-corrected chi connectivity index (χ3v) is 6.87. The Morgan fingerprint density at radius 1 is 1.14 bits per heavy atom. The van der Waals surface area contributed by atoms with Crippen LogP contribution in [0.3, 0.4) is 0 Å². The first-order valence-corrected chi connectivity index (χ1v) is 12.9. The maximum atomic E-state index is 14.9. The van der Waals surface area contributed by atoms with Crippen molar-refractivity contribution in [1.29, 1.82) is 5.41 Å². The lowest BCUT2D eigenvalue weighted by Gasteiger charge is -2.29. The van der Waals surface area contributed by atoms with E-state index in [9.17, 15) is 17.6 Å². The molecule has 12 heteroatoms. The normalized spacial score (nSPS) is 13.9. The summed E-state index contributed by atoms with van der Waals surface area (Å²) in [5.41, 5.74) is 0.794. The number of rotatable bonds is 6. The number of benzene rings is 2. The third-order valence-electron chi connectivity index (χ3n) is 5.93. The van der Waals surface area contributed by atoms with E-state index < -0.39 is 21.7 Å².